The van der Waals surface area contributed by atoms with E-state index in [1.54, 1.807) is 13.1 Å². The second-order valence-electron chi connectivity index (χ2n) is 4.17. The van der Waals surface area contributed by atoms with E-state index in [-0.39, 0.29) is 17.6 Å². The van der Waals surface area contributed by atoms with Gasteiger partial charge in [0.2, 0.25) is 5.91 Å². The Morgan fingerprint density at radius 2 is 2.24 bits per heavy atom. The fourth-order valence-corrected chi connectivity index (χ4v) is 2.70. The molecule has 0 aromatic carbocycles. The highest BCUT2D eigenvalue weighted by molar-refractivity contribution is 7.16. The fraction of sp³-hybridized carbons (Fsp3) is 0.154. The van der Waals surface area contributed by atoms with E-state index in [0.717, 1.165) is 4.88 Å². The average Bonchev–Trinajstić information content (AvgIpc) is 3.05. The first-order valence-electron chi connectivity index (χ1n) is 5.87. The lowest BCUT2D eigenvalue weighted by Gasteiger charge is -2.13. The van der Waals surface area contributed by atoms with E-state index < -0.39 is 4.92 Å². The molecular formula is C13H11ClN2O4S. The van der Waals surface area contributed by atoms with Crippen LogP contribution >= 0.6 is 22.9 Å². The van der Waals surface area contributed by atoms with Gasteiger partial charge in [-0.25, -0.2) is 0 Å². The van der Waals surface area contributed by atoms with Crippen LogP contribution in [0.5, 0.6) is 0 Å². The monoisotopic (exact) mass is 326 g/mol. The van der Waals surface area contributed by atoms with Gasteiger partial charge in [-0.1, -0.05) is 11.6 Å². The third-order valence-electron chi connectivity index (χ3n) is 2.58. The maximum absolute atomic E-state index is 11.9. The Morgan fingerprint density at radius 1 is 1.48 bits per heavy atom. The zero-order valence-electron chi connectivity index (χ0n) is 11.0. The number of nitrogens with zero attached hydrogens (tertiary/aromatic N) is 2. The summed E-state index contributed by atoms with van der Waals surface area (Å²) in [4.78, 5) is 24.2. The van der Waals surface area contributed by atoms with Crippen LogP contribution in [0.2, 0.25) is 4.34 Å². The van der Waals surface area contributed by atoms with Crippen molar-refractivity contribution in [2.24, 2.45) is 0 Å². The van der Waals surface area contributed by atoms with Gasteiger partial charge in [-0.3, -0.25) is 14.9 Å². The van der Waals surface area contributed by atoms with E-state index in [2.05, 4.69) is 0 Å². The number of halogens is 1. The molecule has 0 spiro atoms. The Morgan fingerprint density at radius 3 is 2.81 bits per heavy atom. The Kier molecular flexibility index (Phi) is 4.77. The van der Waals surface area contributed by atoms with Gasteiger partial charge in [-0.2, -0.15) is 0 Å². The van der Waals surface area contributed by atoms with Gasteiger partial charge in [0.15, 0.2) is 0 Å². The van der Waals surface area contributed by atoms with Gasteiger partial charge in [0.05, 0.1) is 16.9 Å². The molecule has 1 amide bonds. The Balaban J connectivity index is 1.96. The number of furan rings is 1. The lowest BCUT2D eigenvalue weighted by atomic mass is 10.3. The van der Waals surface area contributed by atoms with Crippen molar-refractivity contribution in [3.8, 4) is 0 Å². The predicted octanol–water partition coefficient (Wildman–Crippen LogP) is 3.57. The molecule has 6 nitrogen and oxygen atoms in total. The summed E-state index contributed by atoms with van der Waals surface area (Å²) >= 11 is 7.23. The molecule has 0 radical (unpaired) electrons. The number of thiophene rings is 1. The highest BCUT2D eigenvalue weighted by Crippen LogP contribution is 2.22. The smallest absolute Gasteiger partial charge is 0.401 e. The summed E-state index contributed by atoms with van der Waals surface area (Å²) < 4.78 is 5.60. The topological polar surface area (TPSA) is 76.6 Å². The number of hydrogen-bond acceptors (Lipinski definition) is 5. The van der Waals surface area contributed by atoms with Gasteiger partial charge < -0.3 is 9.32 Å². The number of carbonyl (C=O) groups excluding carboxylic acids is 1. The molecule has 0 aliphatic carbocycles. The molecule has 2 aromatic rings. The van der Waals surface area contributed by atoms with E-state index in [1.807, 2.05) is 6.07 Å². The molecule has 0 aliphatic heterocycles. The highest BCUT2D eigenvalue weighted by atomic mass is 35.5. The molecule has 0 fully saturated rings. The zero-order chi connectivity index (χ0) is 15.4. The van der Waals surface area contributed by atoms with Crippen molar-refractivity contribution in [2.75, 3.05) is 7.05 Å². The van der Waals surface area contributed by atoms with Crippen molar-refractivity contribution in [3.05, 3.63) is 55.4 Å². The van der Waals surface area contributed by atoms with Gasteiger partial charge in [0, 0.05) is 18.0 Å². The predicted molar refractivity (Wildman–Crippen MR) is 80.2 cm³/mol. The van der Waals surface area contributed by atoms with Gasteiger partial charge >= 0.3 is 5.88 Å². The van der Waals surface area contributed by atoms with Crippen molar-refractivity contribution in [3.63, 3.8) is 0 Å². The molecule has 21 heavy (non-hydrogen) atoms. The second kappa shape index (κ2) is 6.55. The molecule has 0 unspecified atom stereocenters. The Bertz CT molecular complexity index is 692. The van der Waals surface area contributed by atoms with Crippen molar-refractivity contribution in [1.82, 2.24) is 4.90 Å². The van der Waals surface area contributed by atoms with E-state index in [4.69, 9.17) is 16.0 Å². The maximum atomic E-state index is 11.9. The molecule has 0 N–H and O–H groups in total. The first-order chi connectivity index (χ1) is 9.95. The van der Waals surface area contributed by atoms with E-state index >= 15 is 0 Å². The van der Waals surface area contributed by atoms with Crippen molar-refractivity contribution in [1.29, 1.82) is 0 Å². The van der Waals surface area contributed by atoms with Crippen LogP contribution in [0.4, 0.5) is 5.88 Å². The summed E-state index contributed by atoms with van der Waals surface area (Å²) in [5.74, 6) is -0.343. The largest absolute Gasteiger partial charge is 0.433 e. The minimum absolute atomic E-state index is 0.237. The number of rotatable bonds is 5. The summed E-state index contributed by atoms with van der Waals surface area (Å²) in [7, 11) is 1.66. The molecule has 2 rings (SSSR count). The van der Waals surface area contributed by atoms with E-state index in [0.29, 0.717) is 10.9 Å². The molecule has 110 valence electrons. The second-order valence-corrected chi connectivity index (χ2v) is 5.97. The number of amides is 1. The summed E-state index contributed by atoms with van der Waals surface area (Å²) in [5.41, 5.74) is 0. The number of carbonyl (C=O) groups is 1. The van der Waals surface area contributed by atoms with Gasteiger partial charge in [-0.15, -0.1) is 11.3 Å². The van der Waals surface area contributed by atoms with Crippen LogP contribution < -0.4 is 0 Å². The van der Waals surface area contributed by atoms with Crippen LogP contribution in [0.3, 0.4) is 0 Å². The van der Waals surface area contributed by atoms with Crippen molar-refractivity contribution >= 4 is 40.8 Å². The molecule has 0 aliphatic rings. The van der Waals surface area contributed by atoms with E-state index in [1.165, 1.54) is 40.5 Å². The number of hydrogen-bond donors (Lipinski definition) is 0. The van der Waals surface area contributed by atoms with Crippen LogP contribution in [-0.2, 0) is 11.3 Å². The van der Waals surface area contributed by atoms with Crippen molar-refractivity contribution in [2.45, 2.75) is 6.54 Å². The first kappa shape index (κ1) is 15.3. The quantitative estimate of drug-likeness (QED) is 0.478. The average molecular weight is 327 g/mol. The van der Waals surface area contributed by atoms with Crippen LogP contribution in [0, 0.1) is 10.1 Å². The normalized spacial score (nSPS) is 11.0. The number of likely N-dealkylation sites (N-methyl/N-ethyl adjacent to an activating group) is 1. The lowest BCUT2D eigenvalue weighted by Crippen LogP contribution is -2.23. The summed E-state index contributed by atoms with van der Waals surface area (Å²) in [6, 6.07) is 6.30. The summed E-state index contributed by atoms with van der Waals surface area (Å²) in [5, 5.41) is 10.5. The molecular weight excluding hydrogens is 316 g/mol. The van der Waals surface area contributed by atoms with Crippen LogP contribution in [-0.4, -0.2) is 22.8 Å². The minimum atomic E-state index is -0.633. The molecule has 2 heterocycles. The molecule has 8 heteroatoms. The SMILES string of the molecule is CN(Cc1ccc(Cl)s1)C(=O)/C=C/c1ccc([N+](=O)[O-])o1. The molecule has 0 bridgehead atoms. The van der Waals surface area contributed by atoms with Gasteiger partial charge in [0.1, 0.15) is 10.7 Å². The lowest BCUT2D eigenvalue weighted by molar-refractivity contribution is -0.402. The van der Waals surface area contributed by atoms with Gasteiger partial charge in [0.25, 0.3) is 0 Å². The zero-order valence-corrected chi connectivity index (χ0v) is 12.6. The number of nitro groups is 1. The third kappa shape index (κ3) is 4.17. The van der Waals surface area contributed by atoms with Crippen LogP contribution in [0.15, 0.2) is 34.8 Å². The maximum Gasteiger partial charge on any atom is 0.433 e. The van der Waals surface area contributed by atoms with Gasteiger partial charge in [-0.05, 0) is 24.3 Å². The molecule has 2 aromatic heterocycles. The molecule has 0 atom stereocenters. The fourth-order valence-electron chi connectivity index (χ4n) is 1.56. The molecule has 0 saturated carbocycles. The Labute approximate surface area is 129 Å². The van der Waals surface area contributed by atoms with Crippen LogP contribution in [0.25, 0.3) is 6.08 Å². The van der Waals surface area contributed by atoms with Crippen molar-refractivity contribution < 1.29 is 14.1 Å². The first-order valence-corrected chi connectivity index (χ1v) is 7.07. The van der Waals surface area contributed by atoms with Crippen LogP contribution in [0.1, 0.15) is 10.6 Å². The summed E-state index contributed by atoms with van der Waals surface area (Å²) in [6.07, 6.45) is 2.70. The summed E-state index contributed by atoms with van der Waals surface area (Å²) in [6.45, 7) is 0.443. The standard InChI is InChI=1S/C13H11ClN2O4S/c1-15(8-10-4-5-11(14)21-10)12(17)6-2-9-3-7-13(20-9)16(18)19/h2-7H,8H2,1H3/b6-2+. The molecule has 0 saturated heterocycles. The Hall–Kier alpha value is -2.12. The van der Waals surface area contributed by atoms with E-state index in [9.17, 15) is 14.9 Å². The third-order valence-corrected chi connectivity index (χ3v) is 3.80. The minimum Gasteiger partial charge on any atom is -0.401 e. The highest BCUT2D eigenvalue weighted by Gasteiger charge is 2.11.